The molecule has 2 aliphatic rings. The maximum Gasteiger partial charge on any atom is 0.384 e. The molecule has 0 spiro atoms. The fourth-order valence-electron chi connectivity index (χ4n) is 3.65. The molecule has 0 saturated carbocycles. The molecule has 1 N–H and O–H groups in total. The second kappa shape index (κ2) is 9.25. The first-order chi connectivity index (χ1) is 16.4. The highest BCUT2D eigenvalue weighted by molar-refractivity contribution is 8.23. The minimum atomic E-state index is -0.235. The van der Waals surface area contributed by atoms with Crippen LogP contribution >= 0.6 is 46.2 Å². The Morgan fingerprint density at radius 1 is 1.21 bits per heavy atom. The number of phenolic OH excluding ortho intramolecular Hbond substituents is 1. The number of aromatic nitrogens is 2. The number of aliphatic imine (C=N–C) groups is 1. The van der Waals surface area contributed by atoms with Crippen molar-refractivity contribution >= 4 is 78.0 Å². The van der Waals surface area contributed by atoms with Crippen molar-refractivity contribution in [2.45, 2.75) is 13.5 Å². The normalized spacial score (nSPS) is 20.8. The van der Waals surface area contributed by atoms with Crippen molar-refractivity contribution in [1.82, 2.24) is 9.47 Å². The van der Waals surface area contributed by atoms with E-state index in [4.69, 9.17) is 4.99 Å². The molecule has 0 radical (unpaired) electrons. The van der Waals surface area contributed by atoms with Crippen LogP contribution in [0.3, 0.4) is 0 Å². The summed E-state index contributed by atoms with van der Waals surface area (Å²) in [6.07, 6.45) is 1.91. The van der Waals surface area contributed by atoms with E-state index in [9.17, 15) is 14.7 Å². The van der Waals surface area contributed by atoms with Gasteiger partial charge in [0, 0.05) is 31.3 Å². The first-order valence-electron chi connectivity index (χ1n) is 10.5. The molecule has 2 aromatic heterocycles. The number of aromatic hydroxyl groups is 1. The summed E-state index contributed by atoms with van der Waals surface area (Å²) in [5.74, 6) is 0.826. The van der Waals surface area contributed by atoms with Gasteiger partial charge < -0.3 is 10.0 Å². The SMILES string of the molecule is CCn1c(=O)/c(=C2\SCCN2C)s/c1=C1\S/C(=N\c2scc[n+]2C)N(c2ccc(O)cc2)C1=O. The van der Waals surface area contributed by atoms with Crippen molar-refractivity contribution in [2.24, 2.45) is 12.0 Å². The van der Waals surface area contributed by atoms with Crippen LogP contribution in [0.4, 0.5) is 10.8 Å². The lowest BCUT2D eigenvalue weighted by Crippen LogP contribution is -2.34. The van der Waals surface area contributed by atoms with E-state index in [1.165, 1.54) is 34.4 Å². The molecule has 5 rings (SSSR count). The van der Waals surface area contributed by atoms with Gasteiger partial charge in [0.05, 0.1) is 17.8 Å². The lowest BCUT2D eigenvalue weighted by atomic mass is 10.3. The Morgan fingerprint density at radius 3 is 2.59 bits per heavy atom. The first-order valence-corrected chi connectivity index (χ1v) is 14.0. The molecule has 2 saturated heterocycles. The predicted octanol–water partition coefficient (Wildman–Crippen LogP) is 1.84. The predicted molar refractivity (Wildman–Crippen MR) is 141 cm³/mol. The van der Waals surface area contributed by atoms with Crippen LogP contribution in [0.15, 0.2) is 45.6 Å². The zero-order valence-corrected chi connectivity index (χ0v) is 22.0. The lowest BCUT2D eigenvalue weighted by molar-refractivity contribution is -0.653. The maximum atomic E-state index is 13.8. The van der Waals surface area contributed by atoms with Crippen molar-refractivity contribution in [2.75, 3.05) is 24.2 Å². The van der Waals surface area contributed by atoms with Crippen molar-refractivity contribution in [1.29, 1.82) is 0 Å². The topological polar surface area (TPSA) is 82.0 Å². The van der Waals surface area contributed by atoms with Gasteiger partial charge in [0.1, 0.15) is 26.0 Å². The van der Waals surface area contributed by atoms with Gasteiger partial charge in [0.2, 0.25) is 0 Å². The van der Waals surface area contributed by atoms with Gasteiger partial charge in [-0.25, -0.2) is 9.47 Å². The Bertz CT molecular complexity index is 1490. The third-order valence-electron chi connectivity index (χ3n) is 5.44. The molecule has 4 heterocycles. The number of thioether (sulfide) groups is 2. The van der Waals surface area contributed by atoms with E-state index in [1.807, 2.05) is 37.2 Å². The van der Waals surface area contributed by atoms with Crippen LogP contribution in [0.2, 0.25) is 0 Å². The number of rotatable bonds is 3. The van der Waals surface area contributed by atoms with Gasteiger partial charge in [-0.3, -0.25) is 14.2 Å². The van der Waals surface area contributed by atoms with Crippen molar-refractivity contribution in [3.05, 3.63) is 55.4 Å². The number of benzene rings is 1. The van der Waals surface area contributed by atoms with Crippen LogP contribution in [-0.2, 0) is 18.4 Å². The average molecular weight is 533 g/mol. The zero-order chi connectivity index (χ0) is 24.0. The summed E-state index contributed by atoms with van der Waals surface area (Å²) in [5, 5.41) is 13.9. The Labute approximate surface area is 212 Å². The third kappa shape index (κ3) is 3.98. The Balaban J connectivity index is 1.75. The van der Waals surface area contributed by atoms with E-state index in [2.05, 4.69) is 4.90 Å². The molecule has 0 atom stereocenters. The molecule has 2 aliphatic heterocycles. The molecule has 34 heavy (non-hydrogen) atoms. The van der Waals surface area contributed by atoms with E-state index < -0.39 is 0 Å². The number of nitrogens with zero attached hydrogens (tertiary/aromatic N) is 5. The molecule has 176 valence electrons. The van der Waals surface area contributed by atoms with E-state index in [-0.39, 0.29) is 17.2 Å². The molecule has 8 nitrogen and oxygen atoms in total. The number of amides is 1. The fraction of sp³-hybridized carbons (Fsp3) is 0.273. The van der Waals surface area contributed by atoms with E-state index >= 15 is 0 Å². The molecule has 0 unspecified atom stereocenters. The van der Waals surface area contributed by atoms with Crippen molar-refractivity contribution in [3.8, 4) is 5.75 Å². The average Bonchev–Trinajstić information content (AvgIpc) is 3.57. The van der Waals surface area contributed by atoms with Gasteiger partial charge >= 0.3 is 5.13 Å². The highest BCUT2D eigenvalue weighted by Crippen LogP contribution is 2.37. The standard InChI is InChI=1S/C22H21N5O3S4/c1-4-26-17(29)15(19-24(2)9-11-31-19)33-20(26)16-18(30)27(13-5-7-14(28)8-6-13)22(34-16)23-21-25(3)10-12-32-21/h5-8,10,12H,4,9,11H2,1-3H3/p+1/b19-15+,20-16-. The molecule has 0 bridgehead atoms. The van der Waals surface area contributed by atoms with E-state index in [0.29, 0.717) is 31.5 Å². The summed E-state index contributed by atoms with van der Waals surface area (Å²) in [7, 11) is 3.89. The van der Waals surface area contributed by atoms with Crippen LogP contribution in [0.1, 0.15) is 6.92 Å². The van der Waals surface area contributed by atoms with Crippen LogP contribution in [-0.4, -0.2) is 45.0 Å². The lowest BCUT2D eigenvalue weighted by Gasteiger charge is -2.12. The molecule has 0 aliphatic carbocycles. The zero-order valence-electron chi connectivity index (χ0n) is 18.7. The number of anilines is 1. The molecule has 1 amide bonds. The number of amidine groups is 1. The third-order valence-corrected chi connectivity index (χ3v) is 9.94. The summed E-state index contributed by atoms with van der Waals surface area (Å²) < 4.78 is 4.90. The van der Waals surface area contributed by atoms with E-state index in [1.54, 1.807) is 45.5 Å². The number of carbonyl (C=O) groups excluding carboxylic acids is 1. The fourth-order valence-corrected chi connectivity index (χ4v) is 8.19. The number of thiazole rings is 2. The number of carbonyl (C=O) groups is 1. The van der Waals surface area contributed by atoms with Gasteiger partial charge in [0.15, 0.2) is 0 Å². The van der Waals surface area contributed by atoms with Gasteiger partial charge in [0.25, 0.3) is 16.6 Å². The van der Waals surface area contributed by atoms with Crippen LogP contribution in [0.5, 0.6) is 5.75 Å². The first kappa shape index (κ1) is 23.2. The summed E-state index contributed by atoms with van der Waals surface area (Å²) in [6.45, 7) is 3.28. The molecular weight excluding hydrogens is 511 g/mol. The van der Waals surface area contributed by atoms with Crippen LogP contribution in [0.25, 0.3) is 9.93 Å². The van der Waals surface area contributed by atoms with E-state index in [0.717, 1.165) is 22.5 Å². The second-order valence-electron chi connectivity index (χ2n) is 7.64. The second-order valence-corrected chi connectivity index (χ2v) is 11.6. The number of phenols is 1. The van der Waals surface area contributed by atoms with Crippen LogP contribution in [0, 0.1) is 0 Å². The maximum absolute atomic E-state index is 13.8. The number of hydrogen-bond donors (Lipinski definition) is 1. The molecule has 1 aromatic carbocycles. The van der Waals surface area contributed by atoms with Gasteiger partial charge in [-0.05, 0) is 47.9 Å². The summed E-state index contributed by atoms with van der Waals surface area (Å²) in [4.78, 5) is 36.0. The number of hydrogen-bond acceptors (Lipinski definition) is 9. The van der Waals surface area contributed by atoms with Crippen molar-refractivity contribution < 1.29 is 14.5 Å². The van der Waals surface area contributed by atoms with Gasteiger partial charge in [-0.1, -0.05) is 11.3 Å². The Morgan fingerprint density at radius 2 is 1.97 bits per heavy atom. The highest BCUT2D eigenvalue weighted by Gasteiger charge is 2.40. The largest absolute Gasteiger partial charge is 0.508 e. The smallest absolute Gasteiger partial charge is 0.384 e. The summed E-state index contributed by atoms with van der Waals surface area (Å²) in [5.41, 5.74) is 0.539. The van der Waals surface area contributed by atoms with Gasteiger partial charge in [-0.2, -0.15) is 0 Å². The monoisotopic (exact) mass is 532 g/mol. The molecule has 12 heteroatoms. The van der Waals surface area contributed by atoms with Crippen molar-refractivity contribution in [3.63, 3.8) is 0 Å². The summed E-state index contributed by atoms with van der Waals surface area (Å²) in [6, 6.07) is 6.47. The Hall–Kier alpha value is -2.54. The minimum absolute atomic E-state index is 0.0640. The molecule has 3 aromatic rings. The van der Waals surface area contributed by atoms with Gasteiger partial charge in [-0.15, -0.1) is 23.1 Å². The molecular formula is C22H22N5O3S4+. The summed E-state index contributed by atoms with van der Waals surface area (Å²) >= 11 is 5.80. The molecule has 2 fully saturated rings. The quantitative estimate of drug-likeness (QED) is 0.519. The highest BCUT2D eigenvalue weighted by atomic mass is 32.2. The number of aryl methyl sites for hydroxylation is 1. The minimum Gasteiger partial charge on any atom is -0.508 e. The Kier molecular flexibility index (Phi) is 6.32. The van der Waals surface area contributed by atoms with Crippen LogP contribution < -0.4 is 24.2 Å².